The third kappa shape index (κ3) is 2.38. The minimum absolute atomic E-state index is 0.123. The molecule has 3 nitrogen and oxygen atoms in total. The Bertz CT molecular complexity index is 489. The molecule has 0 bridgehead atoms. The SMILES string of the molecule is N#Cc1c(C(F)(F)F)cnc(C=O)c1C(F)F. The molecule has 8 heteroatoms. The fraction of sp³-hybridized carbons (Fsp3) is 0.222. The largest absolute Gasteiger partial charge is 0.419 e. The van der Waals surface area contributed by atoms with Crippen molar-refractivity contribution in [3.8, 4) is 6.07 Å². The van der Waals surface area contributed by atoms with E-state index < -0.39 is 35.0 Å². The first-order valence-corrected chi connectivity index (χ1v) is 4.06. The minimum atomic E-state index is -4.98. The molecule has 0 aliphatic heterocycles. The number of hydrogen-bond acceptors (Lipinski definition) is 3. The molecule has 1 aromatic rings. The average molecular weight is 250 g/mol. The van der Waals surface area contributed by atoms with E-state index in [2.05, 4.69) is 4.98 Å². The molecule has 0 spiro atoms. The van der Waals surface area contributed by atoms with Crippen molar-refractivity contribution in [2.24, 2.45) is 0 Å². The van der Waals surface area contributed by atoms with Gasteiger partial charge in [0.25, 0.3) is 6.43 Å². The second-order valence-corrected chi connectivity index (χ2v) is 2.87. The molecule has 1 heterocycles. The van der Waals surface area contributed by atoms with E-state index in [1.807, 2.05) is 0 Å². The van der Waals surface area contributed by atoms with Crippen LogP contribution < -0.4 is 0 Å². The number of alkyl halides is 5. The Morgan fingerprint density at radius 2 is 2.00 bits per heavy atom. The molecular formula is C9H3F5N2O. The summed E-state index contributed by atoms with van der Waals surface area (Å²) in [4.78, 5) is 13.3. The van der Waals surface area contributed by atoms with Crippen molar-refractivity contribution in [2.75, 3.05) is 0 Å². The molecule has 90 valence electrons. The van der Waals surface area contributed by atoms with Crippen molar-refractivity contribution >= 4 is 6.29 Å². The Balaban J connectivity index is 3.66. The molecule has 0 saturated heterocycles. The van der Waals surface area contributed by atoms with Crippen LogP contribution in [0.2, 0.25) is 0 Å². The van der Waals surface area contributed by atoms with Crippen LogP contribution in [0.15, 0.2) is 6.20 Å². The van der Waals surface area contributed by atoms with Gasteiger partial charge in [-0.25, -0.2) is 8.78 Å². The van der Waals surface area contributed by atoms with Gasteiger partial charge in [0.15, 0.2) is 6.29 Å². The van der Waals surface area contributed by atoms with E-state index in [0.29, 0.717) is 0 Å². The van der Waals surface area contributed by atoms with Gasteiger partial charge in [0.05, 0.1) is 16.7 Å². The molecule has 0 aromatic carbocycles. The van der Waals surface area contributed by atoms with Crippen molar-refractivity contribution in [1.29, 1.82) is 5.26 Å². The van der Waals surface area contributed by atoms with Gasteiger partial charge < -0.3 is 0 Å². The van der Waals surface area contributed by atoms with Gasteiger partial charge in [-0.3, -0.25) is 9.78 Å². The first-order valence-electron chi connectivity index (χ1n) is 4.06. The number of pyridine rings is 1. The van der Waals surface area contributed by atoms with Crippen molar-refractivity contribution < 1.29 is 26.7 Å². The maximum atomic E-state index is 12.5. The zero-order valence-corrected chi connectivity index (χ0v) is 7.92. The Morgan fingerprint density at radius 1 is 1.41 bits per heavy atom. The fourth-order valence-electron chi connectivity index (χ4n) is 1.19. The molecular weight excluding hydrogens is 247 g/mol. The lowest BCUT2D eigenvalue weighted by molar-refractivity contribution is -0.138. The highest BCUT2D eigenvalue weighted by Crippen LogP contribution is 2.36. The second-order valence-electron chi connectivity index (χ2n) is 2.87. The van der Waals surface area contributed by atoms with Crippen molar-refractivity contribution in [3.05, 3.63) is 28.6 Å². The number of carbonyl (C=O) groups is 1. The normalized spacial score (nSPS) is 11.4. The number of nitriles is 1. The molecule has 0 atom stereocenters. The number of aldehydes is 1. The highest BCUT2D eigenvalue weighted by Gasteiger charge is 2.37. The molecule has 0 amide bonds. The third-order valence-corrected chi connectivity index (χ3v) is 1.89. The van der Waals surface area contributed by atoms with Crippen LogP contribution in [0.3, 0.4) is 0 Å². The molecule has 0 N–H and O–H groups in total. The first-order chi connectivity index (χ1) is 7.82. The molecule has 0 aliphatic rings. The van der Waals surface area contributed by atoms with E-state index in [1.54, 1.807) is 0 Å². The highest BCUT2D eigenvalue weighted by molar-refractivity contribution is 5.76. The summed E-state index contributed by atoms with van der Waals surface area (Å²) in [7, 11) is 0. The van der Waals surface area contributed by atoms with E-state index in [-0.39, 0.29) is 12.5 Å². The van der Waals surface area contributed by atoms with E-state index in [0.717, 1.165) is 6.07 Å². The zero-order valence-electron chi connectivity index (χ0n) is 7.92. The summed E-state index contributed by atoms with van der Waals surface area (Å²) in [6.07, 6.45) is -8.31. The number of aromatic nitrogens is 1. The van der Waals surface area contributed by atoms with Crippen LogP contribution in [0.25, 0.3) is 0 Å². The van der Waals surface area contributed by atoms with Gasteiger partial charge in [-0.2, -0.15) is 18.4 Å². The minimum Gasteiger partial charge on any atom is -0.296 e. The average Bonchev–Trinajstić information content (AvgIpc) is 2.25. The van der Waals surface area contributed by atoms with Crippen molar-refractivity contribution in [3.63, 3.8) is 0 Å². The van der Waals surface area contributed by atoms with E-state index in [1.165, 1.54) is 0 Å². The number of carbonyl (C=O) groups excluding carboxylic acids is 1. The fourth-order valence-corrected chi connectivity index (χ4v) is 1.19. The van der Waals surface area contributed by atoms with Crippen LogP contribution in [0, 0.1) is 11.3 Å². The topological polar surface area (TPSA) is 53.8 Å². The van der Waals surface area contributed by atoms with Gasteiger partial charge in [0.1, 0.15) is 11.8 Å². The predicted molar refractivity (Wildman–Crippen MR) is 44.3 cm³/mol. The number of hydrogen-bond donors (Lipinski definition) is 0. The lowest BCUT2D eigenvalue weighted by Gasteiger charge is -2.12. The summed E-state index contributed by atoms with van der Waals surface area (Å²) in [5.41, 5.74) is -5.02. The van der Waals surface area contributed by atoms with Gasteiger partial charge in [-0.05, 0) is 0 Å². The maximum Gasteiger partial charge on any atom is 0.419 e. The van der Waals surface area contributed by atoms with Crippen molar-refractivity contribution in [1.82, 2.24) is 4.98 Å². The number of nitrogens with zero attached hydrogens (tertiary/aromatic N) is 2. The third-order valence-electron chi connectivity index (χ3n) is 1.89. The van der Waals surface area contributed by atoms with E-state index >= 15 is 0 Å². The maximum absolute atomic E-state index is 12.5. The number of halogens is 5. The monoisotopic (exact) mass is 250 g/mol. The molecule has 0 aliphatic carbocycles. The van der Waals surface area contributed by atoms with Crippen LogP contribution >= 0.6 is 0 Å². The summed E-state index contributed by atoms with van der Waals surface area (Å²) >= 11 is 0. The van der Waals surface area contributed by atoms with Gasteiger partial charge in [0, 0.05) is 6.20 Å². The molecule has 17 heavy (non-hydrogen) atoms. The first kappa shape index (κ1) is 13.0. The Morgan fingerprint density at radius 3 is 2.35 bits per heavy atom. The van der Waals surface area contributed by atoms with E-state index in [9.17, 15) is 26.7 Å². The quantitative estimate of drug-likeness (QED) is 0.599. The van der Waals surface area contributed by atoms with E-state index in [4.69, 9.17) is 5.26 Å². The standard InChI is InChI=1S/C9H3F5N2O/c10-8(11)7-4(1-15)5(9(12,13)14)2-16-6(7)3-17/h2-3,8H. The Labute approximate surface area is 91.5 Å². The number of rotatable bonds is 2. The summed E-state index contributed by atoms with van der Waals surface area (Å²) in [5.74, 6) is 0. The zero-order chi connectivity index (χ0) is 13.2. The molecule has 1 aromatic heterocycles. The summed E-state index contributed by atoms with van der Waals surface area (Å²) in [5, 5.41) is 8.50. The predicted octanol–water partition coefficient (Wildman–Crippen LogP) is 2.72. The van der Waals surface area contributed by atoms with Crippen LogP contribution in [-0.2, 0) is 6.18 Å². The van der Waals surface area contributed by atoms with Gasteiger partial charge in [-0.1, -0.05) is 0 Å². The molecule has 0 unspecified atom stereocenters. The summed E-state index contributed by atoms with van der Waals surface area (Å²) in [6.45, 7) is 0. The van der Waals surface area contributed by atoms with Gasteiger partial charge >= 0.3 is 6.18 Å². The van der Waals surface area contributed by atoms with Crippen LogP contribution in [0.1, 0.15) is 33.6 Å². The van der Waals surface area contributed by atoms with Crippen LogP contribution in [0.4, 0.5) is 22.0 Å². The molecule has 0 saturated carbocycles. The highest BCUT2D eigenvalue weighted by atomic mass is 19.4. The lowest BCUT2D eigenvalue weighted by atomic mass is 10.0. The second kappa shape index (κ2) is 4.45. The Hall–Kier alpha value is -2.04. The molecule has 0 radical (unpaired) electrons. The van der Waals surface area contributed by atoms with Crippen molar-refractivity contribution in [2.45, 2.75) is 12.6 Å². The molecule has 0 fully saturated rings. The van der Waals surface area contributed by atoms with Gasteiger partial charge in [0.2, 0.25) is 0 Å². The summed E-state index contributed by atoms with van der Waals surface area (Å²) < 4.78 is 62.2. The van der Waals surface area contributed by atoms with Crippen LogP contribution in [0.5, 0.6) is 0 Å². The summed E-state index contributed by atoms with van der Waals surface area (Å²) in [6, 6.07) is 1.03. The smallest absolute Gasteiger partial charge is 0.296 e. The molecule has 1 rings (SSSR count). The lowest BCUT2D eigenvalue weighted by Crippen LogP contribution is -2.13. The Kier molecular flexibility index (Phi) is 3.41. The van der Waals surface area contributed by atoms with Gasteiger partial charge in [-0.15, -0.1) is 0 Å². The van der Waals surface area contributed by atoms with Crippen LogP contribution in [-0.4, -0.2) is 11.3 Å².